The summed E-state index contributed by atoms with van der Waals surface area (Å²) in [6.45, 7) is 4.46. The van der Waals surface area contributed by atoms with Crippen LogP contribution in [0.2, 0.25) is 0 Å². The molecule has 3 rings (SSSR count). The molecule has 7 heteroatoms. The van der Waals surface area contributed by atoms with Gasteiger partial charge in [-0.25, -0.2) is 5.43 Å². The standard InChI is InChI=1S/C23H26N4O3/c1-18(7-8-19-5-3-2-4-6-19)24-25-23(28)21-13-15-26(16-14-21)17-20-9-11-22(12-10-20)27(29)30/h2-12,21H,13-17H2,1H3,(H,25,28)/p+1/b8-7+,24-18+. The van der Waals surface area contributed by atoms with Gasteiger partial charge < -0.3 is 4.90 Å². The summed E-state index contributed by atoms with van der Waals surface area (Å²) in [5.74, 6) is -0.0582. The Labute approximate surface area is 176 Å². The molecule has 0 radical (unpaired) electrons. The first-order chi connectivity index (χ1) is 14.5. The summed E-state index contributed by atoms with van der Waals surface area (Å²) < 4.78 is 0. The smallest absolute Gasteiger partial charge is 0.269 e. The van der Waals surface area contributed by atoms with Crippen molar-refractivity contribution >= 4 is 23.4 Å². The molecule has 0 aliphatic carbocycles. The number of nitrogens with one attached hydrogen (secondary N) is 2. The minimum absolute atomic E-state index is 0.0275. The van der Waals surface area contributed by atoms with E-state index < -0.39 is 0 Å². The van der Waals surface area contributed by atoms with E-state index >= 15 is 0 Å². The van der Waals surface area contributed by atoms with E-state index in [1.54, 1.807) is 12.1 Å². The van der Waals surface area contributed by atoms with Gasteiger partial charge in [0.05, 0.1) is 29.6 Å². The van der Waals surface area contributed by atoms with Gasteiger partial charge in [0.15, 0.2) is 0 Å². The van der Waals surface area contributed by atoms with Gasteiger partial charge in [-0.3, -0.25) is 14.9 Å². The van der Waals surface area contributed by atoms with Gasteiger partial charge in [-0.1, -0.05) is 36.4 Å². The van der Waals surface area contributed by atoms with E-state index in [0.29, 0.717) is 0 Å². The number of nitro groups is 1. The molecule has 0 atom stereocenters. The van der Waals surface area contributed by atoms with Crippen molar-refractivity contribution in [3.63, 3.8) is 0 Å². The normalized spacial score (nSPS) is 19.6. The van der Waals surface area contributed by atoms with Gasteiger partial charge in [0.1, 0.15) is 6.54 Å². The molecule has 0 unspecified atom stereocenters. The summed E-state index contributed by atoms with van der Waals surface area (Å²) >= 11 is 0. The van der Waals surface area contributed by atoms with Gasteiger partial charge in [-0.15, -0.1) is 0 Å². The summed E-state index contributed by atoms with van der Waals surface area (Å²) in [6.07, 6.45) is 5.46. The van der Waals surface area contributed by atoms with Crippen LogP contribution >= 0.6 is 0 Å². The van der Waals surface area contributed by atoms with Crippen LogP contribution in [0.15, 0.2) is 65.8 Å². The molecule has 0 spiro atoms. The minimum atomic E-state index is -0.387. The molecule has 2 N–H and O–H groups in total. The predicted molar refractivity (Wildman–Crippen MR) is 117 cm³/mol. The van der Waals surface area contributed by atoms with Crippen LogP contribution in [-0.2, 0) is 11.3 Å². The van der Waals surface area contributed by atoms with E-state index in [9.17, 15) is 14.9 Å². The number of non-ortho nitro benzene ring substituents is 1. The molecule has 1 aliphatic rings. The number of likely N-dealkylation sites (tertiary alicyclic amines) is 1. The monoisotopic (exact) mass is 407 g/mol. The highest BCUT2D eigenvalue weighted by Gasteiger charge is 2.27. The predicted octanol–water partition coefficient (Wildman–Crippen LogP) is 2.60. The van der Waals surface area contributed by atoms with Crippen LogP contribution < -0.4 is 10.3 Å². The van der Waals surface area contributed by atoms with Gasteiger partial charge in [0.2, 0.25) is 5.91 Å². The highest BCUT2D eigenvalue weighted by molar-refractivity contribution is 5.97. The number of carbonyl (C=O) groups excluding carboxylic acids is 1. The Morgan fingerprint density at radius 1 is 1.17 bits per heavy atom. The Hall–Kier alpha value is -3.32. The van der Waals surface area contributed by atoms with Crippen molar-refractivity contribution in [3.8, 4) is 0 Å². The fourth-order valence-electron chi connectivity index (χ4n) is 3.54. The van der Waals surface area contributed by atoms with Gasteiger partial charge >= 0.3 is 0 Å². The molecule has 7 nitrogen and oxygen atoms in total. The van der Waals surface area contributed by atoms with Crippen molar-refractivity contribution in [2.75, 3.05) is 13.1 Å². The number of hydrogen-bond acceptors (Lipinski definition) is 4. The average molecular weight is 407 g/mol. The van der Waals surface area contributed by atoms with Crippen molar-refractivity contribution in [2.45, 2.75) is 26.3 Å². The molecule has 156 valence electrons. The Balaban J connectivity index is 1.43. The van der Waals surface area contributed by atoms with Crippen molar-refractivity contribution in [2.24, 2.45) is 11.0 Å². The molecule has 0 aromatic heterocycles. The van der Waals surface area contributed by atoms with E-state index in [0.717, 1.165) is 49.3 Å². The first-order valence-corrected chi connectivity index (χ1v) is 10.2. The van der Waals surface area contributed by atoms with Crippen molar-refractivity contribution in [3.05, 3.63) is 81.9 Å². The van der Waals surface area contributed by atoms with Crippen LogP contribution in [0.4, 0.5) is 5.69 Å². The molecule has 0 bridgehead atoms. The van der Waals surface area contributed by atoms with Crippen LogP contribution in [0.1, 0.15) is 30.9 Å². The fourth-order valence-corrected chi connectivity index (χ4v) is 3.54. The lowest BCUT2D eigenvalue weighted by atomic mass is 9.96. The van der Waals surface area contributed by atoms with Crippen LogP contribution in [0, 0.1) is 16.0 Å². The quantitative estimate of drug-likeness (QED) is 0.420. The van der Waals surface area contributed by atoms with E-state index in [2.05, 4.69) is 10.5 Å². The Bertz CT molecular complexity index is 915. The van der Waals surface area contributed by atoms with E-state index in [1.165, 1.54) is 4.90 Å². The zero-order valence-electron chi connectivity index (χ0n) is 17.1. The lowest BCUT2D eigenvalue weighted by molar-refractivity contribution is -0.919. The number of carbonyl (C=O) groups is 1. The van der Waals surface area contributed by atoms with Gasteiger partial charge in [-0.05, 0) is 30.7 Å². The molecule has 2 aromatic rings. The second-order valence-electron chi connectivity index (χ2n) is 7.60. The first-order valence-electron chi connectivity index (χ1n) is 10.2. The molecule has 1 fully saturated rings. The summed E-state index contributed by atoms with van der Waals surface area (Å²) in [6, 6.07) is 16.6. The largest absolute Gasteiger partial charge is 0.331 e. The number of amides is 1. The van der Waals surface area contributed by atoms with E-state index in [4.69, 9.17) is 0 Å². The number of allylic oxidation sites excluding steroid dienone is 1. The molecular weight excluding hydrogens is 380 g/mol. The maximum Gasteiger partial charge on any atom is 0.269 e. The van der Waals surface area contributed by atoms with E-state index in [-0.39, 0.29) is 22.4 Å². The molecule has 1 saturated heterocycles. The summed E-state index contributed by atoms with van der Waals surface area (Å²) in [4.78, 5) is 24.2. The Morgan fingerprint density at radius 2 is 1.83 bits per heavy atom. The minimum Gasteiger partial charge on any atom is -0.331 e. The van der Waals surface area contributed by atoms with E-state index in [1.807, 2.05) is 61.5 Å². The molecule has 1 aliphatic heterocycles. The van der Waals surface area contributed by atoms with Gasteiger partial charge in [-0.2, -0.15) is 5.10 Å². The Kier molecular flexibility index (Phi) is 7.45. The summed E-state index contributed by atoms with van der Waals surface area (Å²) in [5, 5.41) is 14.9. The second kappa shape index (κ2) is 10.5. The molecule has 30 heavy (non-hydrogen) atoms. The van der Waals surface area contributed by atoms with Crippen molar-refractivity contribution in [1.29, 1.82) is 0 Å². The zero-order valence-corrected chi connectivity index (χ0v) is 17.1. The third-order valence-corrected chi connectivity index (χ3v) is 5.32. The number of nitrogens with zero attached hydrogens (tertiary/aromatic N) is 2. The summed E-state index contributed by atoms with van der Waals surface area (Å²) in [5.41, 5.74) is 5.71. The SMILES string of the molecule is CC(/C=C/c1ccccc1)=N\NC(=O)C1CC[NH+](Cc2ccc([N+](=O)[O-])cc2)CC1. The fraction of sp³-hybridized carbons (Fsp3) is 0.304. The summed E-state index contributed by atoms with van der Waals surface area (Å²) in [7, 11) is 0. The average Bonchev–Trinajstić information content (AvgIpc) is 2.77. The highest BCUT2D eigenvalue weighted by atomic mass is 16.6. The van der Waals surface area contributed by atoms with Gasteiger partial charge in [0, 0.05) is 30.5 Å². The number of piperidine rings is 1. The number of hydrogen-bond donors (Lipinski definition) is 2. The number of nitro benzene ring substituents is 1. The number of rotatable bonds is 7. The topological polar surface area (TPSA) is 89.0 Å². The molecule has 1 amide bonds. The molecular formula is C23H27N4O3+. The van der Waals surface area contributed by atoms with Crippen LogP contribution in [0.3, 0.4) is 0 Å². The first kappa shape index (κ1) is 21.4. The molecule has 1 heterocycles. The van der Waals surface area contributed by atoms with Gasteiger partial charge in [0.25, 0.3) is 5.69 Å². The third-order valence-electron chi connectivity index (χ3n) is 5.32. The lowest BCUT2D eigenvalue weighted by Gasteiger charge is -2.28. The molecule has 2 aromatic carbocycles. The lowest BCUT2D eigenvalue weighted by Crippen LogP contribution is -3.11. The number of hydrazone groups is 1. The third kappa shape index (κ3) is 6.35. The highest BCUT2D eigenvalue weighted by Crippen LogP contribution is 2.13. The van der Waals surface area contributed by atoms with Crippen LogP contribution in [-0.4, -0.2) is 29.6 Å². The van der Waals surface area contributed by atoms with Crippen molar-refractivity contribution < 1.29 is 14.6 Å². The zero-order chi connectivity index (χ0) is 21.3. The maximum atomic E-state index is 12.4. The maximum absolute atomic E-state index is 12.4. The molecule has 0 saturated carbocycles. The van der Waals surface area contributed by atoms with Crippen molar-refractivity contribution in [1.82, 2.24) is 5.43 Å². The van der Waals surface area contributed by atoms with Crippen LogP contribution in [0.5, 0.6) is 0 Å². The Morgan fingerprint density at radius 3 is 2.47 bits per heavy atom. The number of benzene rings is 2. The number of quaternary nitrogens is 1. The van der Waals surface area contributed by atoms with Crippen LogP contribution in [0.25, 0.3) is 6.08 Å². The second-order valence-corrected chi connectivity index (χ2v) is 7.60.